The Morgan fingerprint density at radius 1 is 1.20 bits per heavy atom. The zero-order valence-corrected chi connectivity index (χ0v) is 21.7. The largest absolute Gasteiger partial charge is 0.438 e. The molecule has 0 spiro atoms. The van der Waals surface area contributed by atoms with Gasteiger partial charge in [0.25, 0.3) is 5.91 Å². The number of nitrogens with zero attached hydrogens (tertiary/aromatic N) is 3. The fraction of sp³-hybridized carbons (Fsp3) is 0.333. The van der Waals surface area contributed by atoms with E-state index in [-0.39, 0.29) is 41.3 Å². The molecule has 9 nitrogen and oxygen atoms in total. The van der Waals surface area contributed by atoms with Gasteiger partial charge in [-0.25, -0.2) is 9.37 Å². The number of carbonyl (C=O) groups excluding carboxylic acids is 2. The maximum absolute atomic E-state index is 15.0. The molecule has 0 atom stereocenters. The number of ether oxygens (including phenoxy) is 1. The van der Waals surface area contributed by atoms with Gasteiger partial charge in [-0.1, -0.05) is 6.07 Å². The number of alkyl halides is 3. The molecule has 0 unspecified atom stereocenters. The topological polar surface area (TPSA) is 108 Å². The average Bonchev–Trinajstić information content (AvgIpc) is 3.28. The van der Waals surface area contributed by atoms with Crippen LogP contribution in [0.4, 0.5) is 34.9 Å². The Balaban J connectivity index is 1.38. The first-order chi connectivity index (χ1) is 19.0. The van der Waals surface area contributed by atoms with E-state index in [0.717, 1.165) is 32.0 Å². The lowest BCUT2D eigenvalue weighted by Crippen LogP contribution is -2.43. The van der Waals surface area contributed by atoms with Crippen molar-refractivity contribution in [3.05, 3.63) is 64.6 Å². The molecule has 0 saturated carbocycles. The van der Waals surface area contributed by atoms with Gasteiger partial charge in [0.15, 0.2) is 0 Å². The van der Waals surface area contributed by atoms with Crippen LogP contribution < -0.4 is 20.7 Å². The molecule has 5 rings (SSSR count). The summed E-state index contributed by atoms with van der Waals surface area (Å²) in [5.74, 6) is -2.69. The molecule has 40 heavy (non-hydrogen) atoms. The molecule has 2 aromatic carbocycles. The third kappa shape index (κ3) is 5.83. The van der Waals surface area contributed by atoms with Crippen LogP contribution in [0.1, 0.15) is 39.9 Å². The summed E-state index contributed by atoms with van der Waals surface area (Å²) >= 11 is 0. The number of anilines is 3. The molecular formula is C27H26F4N6O3. The molecule has 3 N–H and O–H groups in total. The lowest BCUT2D eigenvalue weighted by Gasteiger charge is -2.29. The van der Waals surface area contributed by atoms with E-state index in [9.17, 15) is 27.2 Å². The number of hydrogen-bond donors (Lipinski definition) is 3. The van der Waals surface area contributed by atoms with E-state index in [0.29, 0.717) is 23.0 Å². The number of piperidine rings is 1. The number of aromatic nitrogens is 2. The molecule has 3 heterocycles. The van der Waals surface area contributed by atoms with Crippen molar-refractivity contribution in [2.24, 2.45) is 0 Å². The van der Waals surface area contributed by atoms with Crippen molar-refractivity contribution in [3.63, 3.8) is 0 Å². The monoisotopic (exact) mass is 558 g/mol. The maximum atomic E-state index is 15.0. The van der Waals surface area contributed by atoms with Gasteiger partial charge >= 0.3 is 6.18 Å². The smallest absolute Gasteiger partial charge is 0.423 e. The first-order valence-electron chi connectivity index (χ1n) is 12.6. The zero-order chi connectivity index (χ0) is 28.6. The maximum Gasteiger partial charge on any atom is 0.423 e. The van der Waals surface area contributed by atoms with Gasteiger partial charge in [0.05, 0.1) is 12.0 Å². The van der Waals surface area contributed by atoms with Crippen molar-refractivity contribution in [1.82, 2.24) is 20.2 Å². The Morgan fingerprint density at radius 3 is 2.67 bits per heavy atom. The predicted octanol–water partition coefficient (Wildman–Crippen LogP) is 4.80. The number of benzene rings is 2. The summed E-state index contributed by atoms with van der Waals surface area (Å²) in [6, 6.07) is 6.95. The summed E-state index contributed by atoms with van der Waals surface area (Å²) in [6.07, 6.45) is -2.80. The molecule has 0 bridgehead atoms. The van der Waals surface area contributed by atoms with Crippen LogP contribution in [0.2, 0.25) is 0 Å². The summed E-state index contributed by atoms with van der Waals surface area (Å²) in [4.78, 5) is 34.3. The van der Waals surface area contributed by atoms with E-state index >= 15 is 0 Å². The van der Waals surface area contributed by atoms with Gasteiger partial charge in [-0.05, 0) is 69.7 Å². The van der Waals surface area contributed by atoms with Crippen molar-refractivity contribution in [2.75, 3.05) is 30.8 Å². The molecular weight excluding hydrogens is 532 g/mol. The van der Waals surface area contributed by atoms with Crippen LogP contribution in [0.3, 0.4) is 0 Å². The van der Waals surface area contributed by atoms with Gasteiger partial charge in [0.2, 0.25) is 17.7 Å². The molecule has 0 aliphatic carbocycles. The summed E-state index contributed by atoms with van der Waals surface area (Å²) < 4.78 is 61.7. The standard InChI is InChI=1S/C27H26F4N6O3/c1-14-10-16(24(39)33-15-6-8-37(2)9-7-15)19(28)12-21(14)35-26-32-13-18(27(29,30)31)25(36-26)40-22-5-3-4-20-17(22)11-23(38)34-20/h3-5,10,12-13,15H,6-9,11H2,1-2H3,(H,33,39)(H,34,38)(H,32,35,36). The van der Waals surface area contributed by atoms with Gasteiger partial charge in [-0.3, -0.25) is 9.59 Å². The Morgan fingerprint density at radius 2 is 1.95 bits per heavy atom. The highest BCUT2D eigenvalue weighted by molar-refractivity contribution is 6.00. The number of hydrogen-bond acceptors (Lipinski definition) is 7. The van der Waals surface area contributed by atoms with Crippen molar-refractivity contribution in [2.45, 2.75) is 38.4 Å². The van der Waals surface area contributed by atoms with Crippen LogP contribution in [-0.4, -0.2) is 52.9 Å². The number of carbonyl (C=O) groups is 2. The van der Waals surface area contributed by atoms with Gasteiger partial charge in [-0.15, -0.1) is 0 Å². The lowest BCUT2D eigenvalue weighted by molar-refractivity contribution is -0.139. The molecule has 2 amide bonds. The second-order valence-corrected chi connectivity index (χ2v) is 9.84. The quantitative estimate of drug-likeness (QED) is 0.373. The number of nitrogens with one attached hydrogen (secondary N) is 3. The van der Waals surface area contributed by atoms with Crippen molar-refractivity contribution >= 4 is 29.1 Å². The fourth-order valence-electron chi connectivity index (χ4n) is 4.65. The highest BCUT2D eigenvalue weighted by Crippen LogP contribution is 2.40. The Bertz CT molecular complexity index is 1470. The molecule has 1 fully saturated rings. The molecule has 0 radical (unpaired) electrons. The van der Waals surface area contributed by atoms with Crippen LogP contribution in [0, 0.1) is 12.7 Å². The third-order valence-corrected chi connectivity index (χ3v) is 6.87. The van der Waals surface area contributed by atoms with Gasteiger partial charge in [-0.2, -0.15) is 18.2 Å². The fourth-order valence-corrected chi connectivity index (χ4v) is 4.65. The van der Waals surface area contributed by atoms with E-state index in [2.05, 4.69) is 30.8 Å². The lowest BCUT2D eigenvalue weighted by atomic mass is 10.0. The molecule has 1 saturated heterocycles. The second kappa shape index (κ2) is 10.7. The van der Waals surface area contributed by atoms with E-state index in [4.69, 9.17) is 4.74 Å². The highest BCUT2D eigenvalue weighted by atomic mass is 19.4. The summed E-state index contributed by atoms with van der Waals surface area (Å²) in [7, 11) is 2.00. The minimum Gasteiger partial charge on any atom is -0.438 e. The van der Waals surface area contributed by atoms with E-state index in [1.54, 1.807) is 13.0 Å². The van der Waals surface area contributed by atoms with Gasteiger partial charge in [0, 0.05) is 29.2 Å². The third-order valence-electron chi connectivity index (χ3n) is 6.87. The van der Waals surface area contributed by atoms with E-state index in [1.165, 1.54) is 18.2 Å². The van der Waals surface area contributed by atoms with Crippen LogP contribution in [0.15, 0.2) is 36.5 Å². The van der Waals surface area contributed by atoms with Gasteiger partial charge < -0.3 is 25.6 Å². The highest BCUT2D eigenvalue weighted by Gasteiger charge is 2.37. The van der Waals surface area contributed by atoms with Crippen LogP contribution in [0.5, 0.6) is 11.6 Å². The van der Waals surface area contributed by atoms with Crippen LogP contribution in [0.25, 0.3) is 0 Å². The minimum absolute atomic E-state index is 0.0354. The van der Waals surface area contributed by atoms with Crippen molar-refractivity contribution < 1.29 is 31.9 Å². The number of fused-ring (bicyclic) bond motifs is 1. The first kappa shape index (κ1) is 27.3. The number of rotatable bonds is 6. The summed E-state index contributed by atoms with van der Waals surface area (Å²) in [5, 5.41) is 8.19. The van der Waals surface area contributed by atoms with E-state index in [1.807, 2.05) is 7.05 Å². The van der Waals surface area contributed by atoms with E-state index < -0.39 is 29.3 Å². The normalized spacial score (nSPS) is 15.9. The average molecular weight is 559 g/mol. The van der Waals surface area contributed by atoms with Crippen molar-refractivity contribution in [3.8, 4) is 11.6 Å². The number of amides is 2. The SMILES string of the molecule is Cc1cc(C(=O)NC2CCN(C)CC2)c(F)cc1Nc1ncc(C(F)(F)F)c(Oc2cccc3c2CC(=O)N3)n1. The van der Waals surface area contributed by atoms with Crippen LogP contribution >= 0.6 is 0 Å². The Labute approximate surface area is 226 Å². The first-order valence-corrected chi connectivity index (χ1v) is 12.6. The number of likely N-dealkylation sites (tertiary alicyclic amines) is 1. The molecule has 3 aromatic rings. The zero-order valence-electron chi connectivity index (χ0n) is 21.7. The Kier molecular flexibility index (Phi) is 7.32. The second-order valence-electron chi connectivity index (χ2n) is 9.84. The molecule has 2 aliphatic heterocycles. The van der Waals surface area contributed by atoms with Crippen LogP contribution in [-0.2, 0) is 17.4 Å². The Hall–Kier alpha value is -4.26. The number of halogens is 4. The molecule has 1 aromatic heterocycles. The summed E-state index contributed by atoms with van der Waals surface area (Å²) in [5.41, 5.74) is 0.0910. The predicted molar refractivity (Wildman–Crippen MR) is 138 cm³/mol. The van der Waals surface area contributed by atoms with Crippen molar-refractivity contribution in [1.29, 1.82) is 0 Å². The number of aryl methyl sites for hydroxylation is 1. The summed E-state index contributed by atoms with van der Waals surface area (Å²) in [6.45, 7) is 3.28. The minimum atomic E-state index is -4.83. The van der Waals surface area contributed by atoms with Gasteiger partial charge in [0.1, 0.15) is 17.1 Å². The molecule has 13 heteroatoms. The molecule has 2 aliphatic rings. The molecule has 210 valence electrons.